The molecule has 0 fully saturated rings. The summed E-state index contributed by atoms with van der Waals surface area (Å²) in [5, 5.41) is 0. The lowest BCUT2D eigenvalue weighted by Crippen LogP contribution is -2.31. The van der Waals surface area contributed by atoms with E-state index in [0.717, 1.165) is 16.5 Å². The van der Waals surface area contributed by atoms with Crippen molar-refractivity contribution in [1.29, 1.82) is 0 Å². The molecular weight excluding hydrogens is 362 g/mol. The van der Waals surface area contributed by atoms with Crippen LogP contribution in [0.25, 0.3) is 11.1 Å². The zero-order valence-electron chi connectivity index (χ0n) is 14.9. The van der Waals surface area contributed by atoms with Crippen molar-refractivity contribution in [2.24, 2.45) is 5.84 Å². The first-order valence-corrected chi connectivity index (χ1v) is 8.24. The summed E-state index contributed by atoms with van der Waals surface area (Å²) in [5.74, 6) is 4.73. The number of nitrogens with two attached hydrogens (primary N) is 1. The maximum absolute atomic E-state index is 12.4. The number of benzene rings is 2. The molecule has 1 aromatic heterocycles. The molecule has 1 heterocycles. The number of hydrogen-bond acceptors (Lipinski definition) is 5. The van der Waals surface area contributed by atoms with Crippen molar-refractivity contribution in [1.82, 2.24) is 15.4 Å². The van der Waals surface area contributed by atoms with Crippen LogP contribution in [0.4, 0.5) is 11.5 Å². The number of H-pyrrole nitrogens is 2. The maximum Gasteiger partial charge on any atom is 0.327 e. The highest BCUT2D eigenvalue weighted by atomic mass is 16.2. The Balaban J connectivity index is 2.35. The molecule has 3 rings (SSSR count). The number of nitrogens with zero attached hydrogens (tertiary/aromatic N) is 1. The third-order valence-electron chi connectivity index (χ3n) is 4.20. The number of carbonyl (C=O) groups is 2. The Kier molecular flexibility index (Phi) is 5.18. The number of amides is 2. The average molecular weight is 379 g/mol. The molecule has 0 atom stereocenters. The fourth-order valence-corrected chi connectivity index (χ4v) is 2.97. The molecule has 2 aromatic carbocycles. The standard InChI is InChI=1S/C19H17N5O4/c1-11-5-2-3-6-12(11)17-13(18(27)23-20)7-4-8-14(17)24(10-25)15-9-16(26)22-19(28)21-15/h2-10H,20H2,1H3,(H,23,27)(H2,21,22,26,28). The van der Waals surface area contributed by atoms with Crippen molar-refractivity contribution in [2.75, 3.05) is 4.90 Å². The Morgan fingerprint density at radius 2 is 1.86 bits per heavy atom. The number of aryl methyl sites for hydroxylation is 1. The van der Waals surface area contributed by atoms with Gasteiger partial charge in [-0.25, -0.2) is 10.6 Å². The van der Waals surface area contributed by atoms with Gasteiger partial charge in [0, 0.05) is 11.6 Å². The molecule has 0 saturated carbocycles. The van der Waals surface area contributed by atoms with Gasteiger partial charge in [0.1, 0.15) is 5.82 Å². The van der Waals surface area contributed by atoms with Crippen LogP contribution in [0.3, 0.4) is 0 Å². The Bertz CT molecular complexity index is 1140. The van der Waals surface area contributed by atoms with Gasteiger partial charge in [0.25, 0.3) is 11.5 Å². The number of nitrogen functional groups attached to an aromatic ring is 1. The molecule has 9 nitrogen and oxygen atoms in total. The summed E-state index contributed by atoms with van der Waals surface area (Å²) >= 11 is 0. The zero-order valence-corrected chi connectivity index (χ0v) is 14.9. The van der Waals surface area contributed by atoms with Crippen LogP contribution in [0.5, 0.6) is 0 Å². The molecule has 2 amide bonds. The number of aromatic amines is 2. The van der Waals surface area contributed by atoms with E-state index in [0.29, 0.717) is 23.2 Å². The topological polar surface area (TPSA) is 141 Å². The van der Waals surface area contributed by atoms with Crippen molar-refractivity contribution in [3.63, 3.8) is 0 Å². The minimum atomic E-state index is -0.761. The smallest absolute Gasteiger partial charge is 0.293 e. The Morgan fingerprint density at radius 3 is 2.50 bits per heavy atom. The van der Waals surface area contributed by atoms with Crippen molar-refractivity contribution in [3.05, 3.63) is 80.5 Å². The first-order chi connectivity index (χ1) is 13.5. The monoisotopic (exact) mass is 379 g/mol. The van der Waals surface area contributed by atoms with Crippen LogP contribution in [-0.4, -0.2) is 22.3 Å². The minimum absolute atomic E-state index is 0.0381. The number of hydrazine groups is 1. The fraction of sp³-hybridized carbons (Fsp3) is 0.0526. The number of nitrogens with one attached hydrogen (secondary N) is 3. The highest BCUT2D eigenvalue weighted by Crippen LogP contribution is 2.37. The van der Waals surface area contributed by atoms with Gasteiger partial charge in [-0.15, -0.1) is 0 Å². The van der Waals surface area contributed by atoms with Crippen LogP contribution in [0.2, 0.25) is 0 Å². The second-order valence-corrected chi connectivity index (χ2v) is 5.94. The van der Waals surface area contributed by atoms with Crippen LogP contribution in [0.15, 0.2) is 58.1 Å². The van der Waals surface area contributed by atoms with E-state index in [1.165, 1.54) is 0 Å². The molecule has 0 radical (unpaired) electrons. The largest absolute Gasteiger partial charge is 0.327 e. The van der Waals surface area contributed by atoms with E-state index in [1.807, 2.05) is 24.0 Å². The van der Waals surface area contributed by atoms with Gasteiger partial charge in [0.05, 0.1) is 11.3 Å². The highest BCUT2D eigenvalue weighted by molar-refractivity contribution is 6.06. The van der Waals surface area contributed by atoms with Crippen LogP contribution in [0, 0.1) is 6.92 Å². The van der Waals surface area contributed by atoms with Crippen LogP contribution < -0.4 is 27.4 Å². The summed E-state index contributed by atoms with van der Waals surface area (Å²) in [6, 6.07) is 13.1. The normalized spacial score (nSPS) is 10.4. The van der Waals surface area contributed by atoms with E-state index < -0.39 is 17.2 Å². The van der Waals surface area contributed by atoms with Gasteiger partial charge in [-0.05, 0) is 30.2 Å². The second-order valence-electron chi connectivity index (χ2n) is 5.94. The lowest BCUT2D eigenvalue weighted by atomic mass is 9.93. The average Bonchev–Trinajstić information content (AvgIpc) is 2.67. The third kappa shape index (κ3) is 3.46. The second kappa shape index (κ2) is 7.72. The van der Waals surface area contributed by atoms with Crippen LogP contribution in [-0.2, 0) is 4.79 Å². The molecule has 142 valence electrons. The number of anilines is 2. The predicted molar refractivity (Wildman–Crippen MR) is 104 cm³/mol. The summed E-state index contributed by atoms with van der Waals surface area (Å²) in [7, 11) is 0. The molecular formula is C19H17N5O4. The summed E-state index contributed by atoms with van der Waals surface area (Å²) in [6.45, 7) is 1.86. The predicted octanol–water partition coefficient (Wildman–Crippen LogP) is 0.937. The van der Waals surface area contributed by atoms with Crippen LogP contribution in [0.1, 0.15) is 15.9 Å². The fourth-order valence-electron chi connectivity index (χ4n) is 2.97. The first-order valence-electron chi connectivity index (χ1n) is 8.24. The molecule has 5 N–H and O–H groups in total. The molecule has 0 aliphatic rings. The molecule has 0 aliphatic heterocycles. The molecule has 0 unspecified atom stereocenters. The van der Waals surface area contributed by atoms with E-state index in [1.54, 1.807) is 30.3 Å². The van der Waals surface area contributed by atoms with Gasteiger partial charge in [-0.2, -0.15) is 0 Å². The van der Waals surface area contributed by atoms with E-state index in [-0.39, 0.29) is 11.4 Å². The SMILES string of the molecule is Cc1ccccc1-c1c(C(=O)NN)cccc1N(C=O)c1cc(=O)[nH]c(=O)[nH]1. The van der Waals surface area contributed by atoms with Crippen LogP contribution >= 0.6 is 0 Å². The minimum Gasteiger partial charge on any atom is -0.293 e. The van der Waals surface area contributed by atoms with Gasteiger partial charge in [-0.3, -0.25) is 34.7 Å². The van der Waals surface area contributed by atoms with Gasteiger partial charge in [-0.1, -0.05) is 30.3 Å². The number of aromatic nitrogens is 2. The van der Waals surface area contributed by atoms with Crippen molar-refractivity contribution < 1.29 is 9.59 Å². The first kappa shape index (κ1) is 18.8. The van der Waals surface area contributed by atoms with Gasteiger partial charge in [0.2, 0.25) is 6.41 Å². The molecule has 0 saturated heterocycles. The Hall–Kier alpha value is -3.98. The maximum atomic E-state index is 12.4. The lowest BCUT2D eigenvalue weighted by molar-refractivity contribution is -0.106. The van der Waals surface area contributed by atoms with Crippen molar-refractivity contribution in [2.45, 2.75) is 6.92 Å². The summed E-state index contributed by atoms with van der Waals surface area (Å²) in [6.07, 6.45) is 0.450. The Labute approximate surface area is 158 Å². The number of rotatable bonds is 5. The van der Waals surface area contributed by atoms with E-state index in [9.17, 15) is 19.2 Å². The molecule has 0 bridgehead atoms. The van der Waals surface area contributed by atoms with Crippen molar-refractivity contribution in [3.8, 4) is 11.1 Å². The van der Waals surface area contributed by atoms with E-state index in [2.05, 4.69) is 10.4 Å². The van der Waals surface area contributed by atoms with E-state index in [4.69, 9.17) is 5.84 Å². The molecule has 28 heavy (non-hydrogen) atoms. The summed E-state index contributed by atoms with van der Waals surface area (Å²) in [4.78, 5) is 53.2. The molecule has 0 spiro atoms. The number of carbonyl (C=O) groups excluding carboxylic acids is 2. The lowest BCUT2D eigenvalue weighted by Gasteiger charge is -2.23. The zero-order chi connectivity index (χ0) is 20.3. The summed E-state index contributed by atoms with van der Waals surface area (Å²) < 4.78 is 0. The highest BCUT2D eigenvalue weighted by Gasteiger charge is 2.22. The molecule has 9 heteroatoms. The molecule has 3 aromatic rings. The third-order valence-corrected chi connectivity index (χ3v) is 4.20. The van der Waals surface area contributed by atoms with Gasteiger partial charge < -0.3 is 0 Å². The molecule has 0 aliphatic carbocycles. The quantitative estimate of drug-likeness (QED) is 0.226. The van der Waals surface area contributed by atoms with Gasteiger partial charge >= 0.3 is 5.69 Å². The van der Waals surface area contributed by atoms with Crippen molar-refractivity contribution >= 4 is 23.8 Å². The van der Waals surface area contributed by atoms with Gasteiger partial charge in [0.15, 0.2) is 0 Å². The Morgan fingerprint density at radius 1 is 1.11 bits per heavy atom. The summed E-state index contributed by atoms with van der Waals surface area (Å²) in [5.41, 5.74) is 3.16. The van der Waals surface area contributed by atoms with E-state index >= 15 is 0 Å². The number of hydrogen-bond donors (Lipinski definition) is 4.